The van der Waals surface area contributed by atoms with Crippen molar-refractivity contribution in [3.63, 3.8) is 0 Å². The maximum Gasteiger partial charge on any atom is 0.264 e. The molecule has 9 heteroatoms. The molecule has 2 amide bonds. The molecule has 4 aromatic rings. The molecule has 0 saturated carbocycles. The van der Waals surface area contributed by atoms with Crippen LogP contribution in [-0.4, -0.2) is 43.8 Å². The maximum absolute atomic E-state index is 14.6. The summed E-state index contributed by atoms with van der Waals surface area (Å²) in [7, 11) is -4.20. The lowest BCUT2D eigenvalue weighted by Gasteiger charge is -2.34. The number of sulfonamides is 1. The number of anilines is 1. The molecule has 2 unspecified atom stereocenters. The molecule has 236 valence electrons. The van der Waals surface area contributed by atoms with E-state index in [1.54, 1.807) is 30.3 Å². The van der Waals surface area contributed by atoms with Crippen LogP contribution in [0.4, 0.5) is 5.69 Å². The highest BCUT2D eigenvalue weighted by Gasteiger charge is 2.35. The number of carbonyl (C=O) groups is 2. The Morgan fingerprint density at radius 3 is 2.18 bits per heavy atom. The van der Waals surface area contributed by atoms with Crippen molar-refractivity contribution in [2.45, 2.75) is 64.1 Å². The van der Waals surface area contributed by atoms with Gasteiger partial charge in [0.05, 0.1) is 10.6 Å². The lowest BCUT2D eigenvalue weighted by Crippen LogP contribution is -2.54. The Kier molecular flexibility index (Phi) is 11.4. The number of nitrogens with one attached hydrogen (secondary N) is 1. The number of benzene rings is 4. The van der Waals surface area contributed by atoms with Gasteiger partial charge >= 0.3 is 0 Å². The first-order chi connectivity index (χ1) is 21.5. The second-order valence-electron chi connectivity index (χ2n) is 11.3. The molecule has 0 spiro atoms. The first-order valence-electron chi connectivity index (χ1n) is 15.0. The second kappa shape index (κ2) is 15.2. The van der Waals surface area contributed by atoms with Gasteiger partial charge < -0.3 is 10.2 Å². The van der Waals surface area contributed by atoms with E-state index < -0.39 is 28.5 Å². The summed E-state index contributed by atoms with van der Waals surface area (Å²) in [6.45, 7) is 7.29. The van der Waals surface area contributed by atoms with Crippen LogP contribution in [0.5, 0.6) is 0 Å². The van der Waals surface area contributed by atoms with Crippen molar-refractivity contribution < 1.29 is 18.0 Å². The van der Waals surface area contributed by atoms with E-state index in [1.165, 1.54) is 23.1 Å². The molecule has 4 rings (SSSR count). The van der Waals surface area contributed by atoms with Crippen LogP contribution in [-0.2, 0) is 32.6 Å². The number of aryl methyl sites for hydroxylation is 2. The Morgan fingerprint density at radius 2 is 1.53 bits per heavy atom. The molecular formula is C36H40ClN3O4S. The quantitative estimate of drug-likeness (QED) is 0.175. The lowest BCUT2D eigenvalue weighted by molar-refractivity contribution is -0.140. The van der Waals surface area contributed by atoms with Gasteiger partial charge in [0.25, 0.3) is 10.0 Å². The third kappa shape index (κ3) is 8.74. The third-order valence-corrected chi connectivity index (χ3v) is 9.88. The first-order valence-corrected chi connectivity index (χ1v) is 16.8. The lowest BCUT2D eigenvalue weighted by atomic mass is 10.0. The average molecular weight is 646 g/mol. The Balaban J connectivity index is 1.82. The van der Waals surface area contributed by atoms with E-state index in [2.05, 4.69) is 5.32 Å². The second-order valence-corrected chi connectivity index (χ2v) is 13.6. The van der Waals surface area contributed by atoms with Crippen LogP contribution in [0.1, 0.15) is 42.5 Å². The van der Waals surface area contributed by atoms with E-state index in [1.807, 2.05) is 82.3 Å². The van der Waals surface area contributed by atoms with Gasteiger partial charge in [0, 0.05) is 24.0 Å². The highest BCUT2D eigenvalue weighted by Crippen LogP contribution is 2.27. The summed E-state index contributed by atoms with van der Waals surface area (Å²) in [6, 6.07) is 29.0. The molecule has 0 aliphatic carbocycles. The first kappa shape index (κ1) is 33.7. The molecule has 0 aromatic heterocycles. The number of rotatable bonds is 13. The molecule has 0 heterocycles. The van der Waals surface area contributed by atoms with Gasteiger partial charge in [-0.1, -0.05) is 96.9 Å². The Bertz CT molecular complexity index is 1710. The number of amides is 2. The summed E-state index contributed by atoms with van der Waals surface area (Å²) < 4.78 is 29.3. The Labute approximate surface area is 271 Å². The average Bonchev–Trinajstić information content (AvgIpc) is 3.02. The number of hydrogen-bond donors (Lipinski definition) is 1. The molecule has 0 aliphatic rings. The highest BCUT2D eigenvalue weighted by atomic mass is 35.5. The molecule has 2 atom stereocenters. The highest BCUT2D eigenvalue weighted by molar-refractivity contribution is 7.92. The van der Waals surface area contributed by atoms with Gasteiger partial charge in [-0.05, 0) is 74.2 Å². The van der Waals surface area contributed by atoms with Crippen LogP contribution in [0, 0.1) is 13.8 Å². The molecule has 45 heavy (non-hydrogen) atoms. The minimum atomic E-state index is -4.20. The summed E-state index contributed by atoms with van der Waals surface area (Å²) in [5, 5.41) is 3.39. The predicted molar refractivity (Wildman–Crippen MR) is 181 cm³/mol. The van der Waals surface area contributed by atoms with Crippen molar-refractivity contribution in [2.24, 2.45) is 0 Å². The topological polar surface area (TPSA) is 86.8 Å². The van der Waals surface area contributed by atoms with Crippen molar-refractivity contribution in [3.05, 3.63) is 130 Å². The van der Waals surface area contributed by atoms with Crippen LogP contribution in [0.15, 0.2) is 108 Å². The normalized spacial score (nSPS) is 12.6. The summed E-state index contributed by atoms with van der Waals surface area (Å²) in [4.78, 5) is 30.0. The van der Waals surface area contributed by atoms with E-state index in [-0.39, 0.29) is 35.5 Å². The zero-order valence-electron chi connectivity index (χ0n) is 26.1. The van der Waals surface area contributed by atoms with Gasteiger partial charge in [0.1, 0.15) is 12.6 Å². The molecule has 0 bridgehead atoms. The van der Waals surface area contributed by atoms with Crippen molar-refractivity contribution in [1.29, 1.82) is 0 Å². The van der Waals surface area contributed by atoms with Gasteiger partial charge in [0.2, 0.25) is 11.8 Å². The van der Waals surface area contributed by atoms with Crippen molar-refractivity contribution >= 4 is 39.1 Å². The van der Waals surface area contributed by atoms with Gasteiger partial charge in [-0.25, -0.2) is 8.42 Å². The van der Waals surface area contributed by atoms with Crippen LogP contribution < -0.4 is 9.62 Å². The van der Waals surface area contributed by atoms with Gasteiger partial charge in [-0.3, -0.25) is 13.9 Å². The Morgan fingerprint density at radius 1 is 0.867 bits per heavy atom. The summed E-state index contributed by atoms with van der Waals surface area (Å²) >= 11 is 6.30. The predicted octanol–water partition coefficient (Wildman–Crippen LogP) is 6.71. The van der Waals surface area contributed by atoms with Gasteiger partial charge in [-0.2, -0.15) is 0 Å². The molecular weight excluding hydrogens is 606 g/mol. The van der Waals surface area contributed by atoms with Crippen LogP contribution in [0.25, 0.3) is 0 Å². The van der Waals surface area contributed by atoms with E-state index in [4.69, 9.17) is 11.6 Å². The molecule has 1 N–H and O–H groups in total. The fourth-order valence-corrected chi connectivity index (χ4v) is 6.55. The SMILES string of the molecule is CCC(C)NC(=O)C(Cc1ccccc1)N(Cc1ccccc1C)C(=O)CN(c1cccc(Cl)c1)S(=O)(=O)c1ccc(C)cc1. The summed E-state index contributed by atoms with van der Waals surface area (Å²) in [5.41, 5.74) is 3.84. The van der Waals surface area contributed by atoms with Gasteiger partial charge in [0.15, 0.2) is 0 Å². The minimum absolute atomic E-state index is 0.0432. The third-order valence-electron chi connectivity index (χ3n) is 7.86. The van der Waals surface area contributed by atoms with Crippen molar-refractivity contribution in [3.8, 4) is 0 Å². The van der Waals surface area contributed by atoms with E-state index in [0.29, 0.717) is 11.4 Å². The number of carbonyl (C=O) groups excluding carboxylic acids is 2. The molecule has 4 aromatic carbocycles. The van der Waals surface area contributed by atoms with Crippen LogP contribution in [0.2, 0.25) is 5.02 Å². The largest absolute Gasteiger partial charge is 0.352 e. The molecule has 0 fully saturated rings. The van der Waals surface area contributed by atoms with Crippen LogP contribution >= 0.6 is 11.6 Å². The van der Waals surface area contributed by atoms with Crippen molar-refractivity contribution in [1.82, 2.24) is 10.2 Å². The number of hydrogen-bond acceptors (Lipinski definition) is 4. The zero-order valence-corrected chi connectivity index (χ0v) is 27.7. The zero-order chi connectivity index (χ0) is 32.6. The molecule has 0 saturated heterocycles. The smallest absolute Gasteiger partial charge is 0.264 e. The fourth-order valence-electron chi connectivity index (χ4n) is 4.96. The summed E-state index contributed by atoms with van der Waals surface area (Å²) in [5.74, 6) is -0.819. The molecule has 0 aliphatic heterocycles. The summed E-state index contributed by atoms with van der Waals surface area (Å²) in [6.07, 6.45) is 0.968. The molecule has 7 nitrogen and oxygen atoms in total. The minimum Gasteiger partial charge on any atom is -0.352 e. The van der Waals surface area contributed by atoms with Crippen LogP contribution in [0.3, 0.4) is 0 Å². The standard InChI is InChI=1S/C36H40ClN3O4S/c1-5-28(4)38-36(42)34(22-29-13-7-6-8-14-29)39(24-30-15-10-9-12-27(30)3)35(41)25-40(32-17-11-16-31(37)23-32)45(43,44)33-20-18-26(2)19-21-33/h6-21,23,28,34H,5,22,24-25H2,1-4H3,(H,38,42). The molecule has 0 radical (unpaired) electrons. The van der Waals surface area contributed by atoms with E-state index in [0.717, 1.165) is 26.6 Å². The number of nitrogens with zero attached hydrogens (tertiary/aromatic N) is 2. The van der Waals surface area contributed by atoms with Crippen molar-refractivity contribution in [2.75, 3.05) is 10.8 Å². The van der Waals surface area contributed by atoms with E-state index >= 15 is 0 Å². The fraction of sp³-hybridized carbons (Fsp3) is 0.278. The van der Waals surface area contributed by atoms with E-state index in [9.17, 15) is 18.0 Å². The Hall–Kier alpha value is -4.14. The number of halogens is 1. The monoisotopic (exact) mass is 645 g/mol. The maximum atomic E-state index is 14.6. The van der Waals surface area contributed by atoms with Gasteiger partial charge in [-0.15, -0.1) is 0 Å².